The fraction of sp³-hybridized carbons (Fsp3) is 0.0500. The van der Waals surface area contributed by atoms with Gasteiger partial charge >= 0.3 is 0 Å². The van der Waals surface area contributed by atoms with Crippen molar-refractivity contribution in [2.45, 2.75) is 6.92 Å². The van der Waals surface area contributed by atoms with E-state index in [1.54, 1.807) is 30.3 Å². The fourth-order valence-corrected chi connectivity index (χ4v) is 2.78. The second-order valence-electron chi connectivity index (χ2n) is 5.67. The van der Waals surface area contributed by atoms with Crippen LogP contribution in [0.2, 0.25) is 0 Å². The van der Waals surface area contributed by atoms with Gasteiger partial charge in [-0.25, -0.2) is 5.43 Å². The normalized spacial score (nSPS) is 10.7. The lowest BCUT2D eigenvalue weighted by Crippen LogP contribution is -2.18. The summed E-state index contributed by atoms with van der Waals surface area (Å²) in [5.41, 5.74) is 4.30. The zero-order valence-electron chi connectivity index (χ0n) is 14.4. The molecule has 0 radical (unpaired) electrons. The number of benzene rings is 2. The van der Waals surface area contributed by atoms with E-state index in [0.717, 1.165) is 10.0 Å². The van der Waals surface area contributed by atoms with Gasteiger partial charge in [-0.05, 0) is 42.5 Å². The van der Waals surface area contributed by atoms with Crippen molar-refractivity contribution in [3.8, 4) is 11.3 Å². The third-order valence-corrected chi connectivity index (χ3v) is 4.03. The Kier molecular flexibility index (Phi) is 5.83. The van der Waals surface area contributed by atoms with Crippen molar-refractivity contribution in [2.24, 2.45) is 5.10 Å². The van der Waals surface area contributed by atoms with Crippen LogP contribution < -0.4 is 10.7 Å². The lowest BCUT2D eigenvalue weighted by Gasteiger charge is -2.04. The van der Waals surface area contributed by atoms with E-state index in [1.807, 2.05) is 30.3 Å². The molecule has 3 rings (SSSR count). The van der Waals surface area contributed by atoms with Crippen molar-refractivity contribution in [3.63, 3.8) is 0 Å². The SMILES string of the molecule is CC(=O)Nc1cccc(C(=O)N/N=C\c2ccc(-c3cccc(Br)c3)o2)c1. The highest BCUT2D eigenvalue weighted by molar-refractivity contribution is 9.10. The number of hydrogen-bond donors (Lipinski definition) is 2. The van der Waals surface area contributed by atoms with Crippen LogP contribution in [0.3, 0.4) is 0 Å². The third-order valence-electron chi connectivity index (χ3n) is 3.54. The van der Waals surface area contributed by atoms with Crippen molar-refractivity contribution in [3.05, 3.63) is 76.5 Å². The summed E-state index contributed by atoms with van der Waals surface area (Å²) in [5.74, 6) is 0.617. The zero-order valence-corrected chi connectivity index (χ0v) is 16.0. The number of anilines is 1. The van der Waals surface area contributed by atoms with E-state index in [9.17, 15) is 9.59 Å². The monoisotopic (exact) mass is 425 g/mol. The second kappa shape index (κ2) is 8.46. The molecule has 0 unspecified atom stereocenters. The Morgan fingerprint density at radius 2 is 1.89 bits per heavy atom. The summed E-state index contributed by atoms with van der Waals surface area (Å²) in [6.07, 6.45) is 1.43. The van der Waals surface area contributed by atoms with Crippen LogP contribution in [-0.4, -0.2) is 18.0 Å². The lowest BCUT2D eigenvalue weighted by molar-refractivity contribution is -0.114. The Balaban J connectivity index is 1.64. The molecule has 2 amide bonds. The molecular formula is C20H16BrN3O3. The van der Waals surface area contributed by atoms with Crippen LogP contribution in [0.4, 0.5) is 5.69 Å². The largest absolute Gasteiger partial charge is 0.455 e. The molecule has 0 aliphatic carbocycles. The molecule has 0 aliphatic rings. The number of rotatable bonds is 5. The molecule has 0 bridgehead atoms. The third kappa shape index (κ3) is 5.15. The first kappa shape index (κ1) is 18.6. The summed E-state index contributed by atoms with van der Waals surface area (Å²) in [6.45, 7) is 1.41. The van der Waals surface area contributed by atoms with E-state index < -0.39 is 5.91 Å². The molecule has 7 heteroatoms. The second-order valence-corrected chi connectivity index (χ2v) is 6.59. The molecular weight excluding hydrogens is 410 g/mol. The van der Waals surface area contributed by atoms with Crippen molar-refractivity contribution < 1.29 is 14.0 Å². The van der Waals surface area contributed by atoms with Crippen LogP contribution in [0, 0.1) is 0 Å². The number of hydrazone groups is 1. The topological polar surface area (TPSA) is 83.7 Å². The number of carbonyl (C=O) groups excluding carboxylic acids is 2. The summed E-state index contributed by atoms with van der Waals surface area (Å²) >= 11 is 3.43. The molecule has 3 aromatic rings. The molecule has 2 N–H and O–H groups in total. The highest BCUT2D eigenvalue weighted by Crippen LogP contribution is 2.24. The number of nitrogens with zero attached hydrogens (tertiary/aromatic N) is 1. The molecule has 136 valence electrons. The maximum absolute atomic E-state index is 12.2. The van der Waals surface area contributed by atoms with Gasteiger partial charge in [-0.2, -0.15) is 5.10 Å². The van der Waals surface area contributed by atoms with Crippen LogP contribution in [0.15, 0.2) is 74.7 Å². The lowest BCUT2D eigenvalue weighted by atomic mass is 10.2. The van der Waals surface area contributed by atoms with Gasteiger partial charge < -0.3 is 9.73 Å². The smallest absolute Gasteiger partial charge is 0.271 e. The van der Waals surface area contributed by atoms with E-state index in [0.29, 0.717) is 22.8 Å². The summed E-state index contributed by atoms with van der Waals surface area (Å²) < 4.78 is 6.66. The number of hydrogen-bond acceptors (Lipinski definition) is 4. The van der Waals surface area contributed by atoms with Gasteiger partial charge in [0.1, 0.15) is 11.5 Å². The molecule has 1 heterocycles. The van der Waals surface area contributed by atoms with Gasteiger partial charge in [0.05, 0.1) is 6.21 Å². The maximum atomic E-state index is 12.2. The Bertz CT molecular complexity index is 1010. The molecule has 27 heavy (non-hydrogen) atoms. The Hall–Kier alpha value is -3.19. The van der Waals surface area contributed by atoms with E-state index in [4.69, 9.17) is 4.42 Å². The average molecular weight is 426 g/mol. The predicted molar refractivity (Wildman–Crippen MR) is 108 cm³/mol. The van der Waals surface area contributed by atoms with Gasteiger partial charge in [-0.3, -0.25) is 9.59 Å². The average Bonchev–Trinajstić information content (AvgIpc) is 3.10. The molecule has 0 saturated carbocycles. The van der Waals surface area contributed by atoms with Crippen LogP contribution in [0.1, 0.15) is 23.0 Å². The van der Waals surface area contributed by atoms with Crippen molar-refractivity contribution in [1.82, 2.24) is 5.43 Å². The summed E-state index contributed by atoms with van der Waals surface area (Å²) in [4.78, 5) is 23.3. The van der Waals surface area contributed by atoms with E-state index in [-0.39, 0.29) is 5.91 Å². The van der Waals surface area contributed by atoms with Gasteiger partial charge in [0.2, 0.25) is 5.91 Å². The van der Waals surface area contributed by atoms with Gasteiger partial charge in [0.25, 0.3) is 5.91 Å². The van der Waals surface area contributed by atoms with Crippen molar-refractivity contribution in [1.29, 1.82) is 0 Å². The van der Waals surface area contributed by atoms with E-state index in [2.05, 4.69) is 31.8 Å². The van der Waals surface area contributed by atoms with Crippen LogP contribution in [0.25, 0.3) is 11.3 Å². The number of amides is 2. The number of furan rings is 1. The maximum Gasteiger partial charge on any atom is 0.271 e. The van der Waals surface area contributed by atoms with Gasteiger partial charge in [0.15, 0.2) is 0 Å². The molecule has 0 spiro atoms. The van der Waals surface area contributed by atoms with Gasteiger partial charge in [-0.1, -0.05) is 34.1 Å². The van der Waals surface area contributed by atoms with E-state index >= 15 is 0 Å². The standard InChI is InChI=1S/C20H16BrN3O3/c1-13(25)23-17-7-3-5-15(11-17)20(26)24-22-12-18-8-9-19(27-18)14-4-2-6-16(21)10-14/h2-12H,1H3,(H,23,25)(H,24,26)/b22-12-. The Labute approximate surface area is 164 Å². The van der Waals surface area contributed by atoms with Crippen LogP contribution in [-0.2, 0) is 4.79 Å². The quantitative estimate of drug-likeness (QED) is 0.468. The first-order chi connectivity index (χ1) is 13.0. The minimum absolute atomic E-state index is 0.204. The molecule has 1 aromatic heterocycles. The molecule has 0 aliphatic heterocycles. The molecule has 2 aromatic carbocycles. The molecule has 0 atom stereocenters. The number of halogens is 1. The van der Waals surface area contributed by atoms with Gasteiger partial charge in [-0.15, -0.1) is 0 Å². The Morgan fingerprint density at radius 3 is 2.67 bits per heavy atom. The first-order valence-electron chi connectivity index (χ1n) is 8.08. The molecule has 0 fully saturated rings. The summed E-state index contributed by atoms with van der Waals surface area (Å²) in [5, 5.41) is 6.55. The summed E-state index contributed by atoms with van der Waals surface area (Å²) in [7, 11) is 0. The Morgan fingerprint density at radius 1 is 1.07 bits per heavy atom. The highest BCUT2D eigenvalue weighted by Gasteiger charge is 2.07. The minimum Gasteiger partial charge on any atom is -0.455 e. The molecule has 0 saturated heterocycles. The fourth-order valence-electron chi connectivity index (χ4n) is 2.38. The van der Waals surface area contributed by atoms with Gasteiger partial charge in [0, 0.05) is 28.2 Å². The first-order valence-corrected chi connectivity index (χ1v) is 8.87. The highest BCUT2D eigenvalue weighted by atomic mass is 79.9. The van der Waals surface area contributed by atoms with Crippen LogP contribution in [0.5, 0.6) is 0 Å². The number of carbonyl (C=O) groups is 2. The zero-order chi connectivity index (χ0) is 19.2. The van der Waals surface area contributed by atoms with E-state index in [1.165, 1.54) is 13.1 Å². The van der Waals surface area contributed by atoms with Crippen LogP contribution >= 0.6 is 15.9 Å². The molecule has 6 nitrogen and oxygen atoms in total. The van der Waals surface area contributed by atoms with Crippen molar-refractivity contribution in [2.75, 3.05) is 5.32 Å². The van der Waals surface area contributed by atoms with Crippen molar-refractivity contribution >= 4 is 39.6 Å². The number of nitrogens with one attached hydrogen (secondary N) is 2. The predicted octanol–water partition coefficient (Wildman–Crippen LogP) is 4.43. The minimum atomic E-state index is -0.391. The summed E-state index contributed by atoms with van der Waals surface area (Å²) in [6, 6.07) is 17.9.